The second kappa shape index (κ2) is 5.18. The van der Waals surface area contributed by atoms with Crippen LogP contribution in [-0.2, 0) is 6.42 Å². The van der Waals surface area contributed by atoms with E-state index in [1.54, 1.807) is 12.4 Å². The number of halogens is 1. The number of pyridine rings is 1. The Morgan fingerprint density at radius 3 is 3.00 bits per heavy atom. The van der Waals surface area contributed by atoms with Crippen molar-refractivity contribution in [1.82, 2.24) is 20.5 Å². The largest absolute Gasteiger partial charge is 0.421 e. The van der Waals surface area contributed by atoms with Crippen molar-refractivity contribution in [2.45, 2.75) is 6.42 Å². The maximum absolute atomic E-state index is 5.50. The van der Waals surface area contributed by atoms with Crippen LogP contribution in [-0.4, -0.2) is 28.8 Å². The third kappa shape index (κ3) is 2.65. The summed E-state index contributed by atoms with van der Waals surface area (Å²) < 4.78 is 6.39. The summed E-state index contributed by atoms with van der Waals surface area (Å²) in [6, 6.07) is 1.89. The van der Waals surface area contributed by atoms with Gasteiger partial charge in [0.05, 0.1) is 5.56 Å². The third-order valence-electron chi connectivity index (χ3n) is 2.01. The molecule has 0 aliphatic carbocycles. The van der Waals surface area contributed by atoms with Gasteiger partial charge in [0.25, 0.3) is 0 Å². The van der Waals surface area contributed by atoms with Crippen molar-refractivity contribution in [3.63, 3.8) is 0 Å². The van der Waals surface area contributed by atoms with Crippen molar-refractivity contribution in [2.24, 2.45) is 0 Å². The van der Waals surface area contributed by atoms with Crippen molar-refractivity contribution in [3.05, 3.63) is 28.8 Å². The van der Waals surface area contributed by atoms with E-state index in [9.17, 15) is 0 Å². The Labute approximate surface area is 101 Å². The Morgan fingerprint density at radius 2 is 2.25 bits per heavy atom. The molecule has 2 rings (SSSR count). The van der Waals surface area contributed by atoms with E-state index in [0.29, 0.717) is 11.8 Å². The Balaban J connectivity index is 2.18. The molecule has 0 spiro atoms. The molecule has 0 bridgehead atoms. The highest BCUT2D eigenvalue weighted by atomic mass is 79.9. The Kier molecular flexibility index (Phi) is 3.63. The SMILES string of the molecule is CNCCc1nnc(-c2cncc(Br)c2)o1. The smallest absolute Gasteiger partial charge is 0.249 e. The first-order valence-corrected chi connectivity index (χ1v) is 5.67. The van der Waals surface area contributed by atoms with Crippen molar-refractivity contribution in [1.29, 1.82) is 0 Å². The summed E-state index contributed by atoms with van der Waals surface area (Å²) in [6.45, 7) is 0.818. The van der Waals surface area contributed by atoms with Gasteiger partial charge in [0.15, 0.2) is 0 Å². The lowest BCUT2D eigenvalue weighted by Crippen LogP contribution is -2.10. The summed E-state index contributed by atoms with van der Waals surface area (Å²) >= 11 is 3.35. The van der Waals surface area contributed by atoms with Gasteiger partial charge in [-0.3, -0.25) is 4.98 Å². The second-order valence-electron chi connectivity index (χ2n) is 3.25. The first kappa shape index (κ1) is 11.2. The molecule has 0 atom stereocenters. The average molecular weight is 283 g/mol. The minimum absolute atomic E-state index is 0.500. The van der Waals surface area contributed by atoms with Crippen LogP contribution in [0, 0.1) is 0 Å². The summed E-state index contributed by atoms with van der Waals surface area (Å²) in [5.74, 6) is 1.13. The predicted octanol–water partition coefficient (Wildman–Crippen LogP) is 1.66. The van der Waals surface area contributed by atoms with E-state index >= 15 is 0 Å². The molecule has 2 heterocycles. The number of rotatable bonds is 4. The van der Waals surface area contributed by atoms with Gasteiger partial charge in [-0.2, -0.15) is 0 Å². The van der Waals surface area contributed by atoms with Gasteiger partial charge in [-0.1, -0.05) is 0 Å². The maximum Gasteiger partial charge on any atom is 0.249 e. The zero-order chi connectivity index (χ0) is 11.4. The van der Waals surface area contributed by atoms with Gasteiger partial charge in [-0.15, -0.1) is 10.2 Å². The number of hydrogen-bond acceptors (Lipinski definition) is 5. The zero-order valence-electron chi connectivity index (χ0n) is 8.77. The predicted molar refractivity (Wildman–Crippen MR) is 62.9 cm³/mol. The molecule has 0 radical (unpaired) electrons. The third-order valence-corrected chi connectivity index (χ3v) is 2.44. The topological polar surface area (TPSA) is 63.8 Å². The number of aromatic nitrogens is 3. The average Bonchev–Trinajstić information content (AvgIpc) is 2.75. The molecule has 0 aliphatic heterocycles. The van der Waals surface area contributed by atoms with Crippen LogP contribution >= 0.6 is 15.9 Å². The maximum atomic E-state index is 5.50. The molecule has 2 aromatic heterocycles. The number of likely N-dealkylation sites (N-methyl/N-ethyl adjacent to an activating group) is 1. The molecule has 5 nitrogen and oxygen atoms in total. The van der Waals surface area contributed by atoms with E-state index in [1.807, 2.05) is 13.1 Å². The minimum atomic E-state index is 0.500. The lowest BCUT2D eigenvalue weighted by molar-refractivity contribution is 0.500. The lowest BCUT2D eigenvalue weighted by Gasteiger charge is -1.95. The molecule has 1 N–H and O–H groups in total. The molecule has 2 aromatic rings. The summed E-state index contributed by atoms with van der Waals surface area (Å²) in [7, 11) is 1.88. The van der Waals surface area contributed by atoms with Crippen molar-refractivity contribution >= 4 is 15.9 Å². The van der Waals surface area contributed by atoms with Crippen LogP contribution in [0.5, 0.6) is 0 Å². The van der Waals surface area contributed by atoms with E-state index < -0.39 is 0 Å². The molecule has 0 aromatic carbocycles. The van der Waals surface area contributed by atoms with Crippen molar-refractivity contribution in [2.75, 3.05) is 13.6 Å². The molecule has 6 heteroatoms. The lowest BCUT2D eigenvalue weighted by atomic mass is 10.3. The Hall–Kier alpha value is -1.27. The Morgan fingerprint density at radius 1 is 1.38 bits per heavy atom. The van der Waals surface area contributed by atoms with Crippen LogP contribution in [0.2, 0.25) is 0 Å². The van der Waals surface area contributed by atoms with E-state index in [4.69, 9.17) is 4.42 Å². The Bertz CT molecular complexity index is 471. The first-order chi connectivity index (χ1) is 7.79. The van der Waals surface area contributed by atoms with E-state index in [0.717, 1.165) is 23.0 Å². The van der Waals surface area contributed by atoms with Crippen LogP contribution in [0.25, 0.3) is 11.5 Å². The number of hydrogen-bond donors (Lipinski definition) is 1. The van der Waals surface area contributed by atoms with Gasteiger partial charge in [-0.25, -0.2) is 0 Å². The van der Waals surface area contributed by atoms with Crippen LogP contribution in [0.4, 0.5) is 0 Å². The highest BCUT2D eigenvalue weighted by Gasteiger charge is 2.08. The molecule has 16 heavy (non-hydrogen) atoms. The van der Waals surface area contributed by atoms with E-state index in [1.165, 1.54) is 0 Å². The van der Waals surface area contributed by atoms with Gasteiger partial charge < -0.3 is 9.73 Å². The molecule has 0 saturated carbocycles. The van der Waals surface area contributed by atoms with Crippen LogP contribution in [0.1, 0.15) is 5.89 Å². The standard InChI is InChI=1S/C10H11BrN4O/c1-12-3-2-9-14-15-10(16-9)7-4-8(11)6-13-5-7/h4-6,12H,2-3H2,1H3. The summed E-state index contributed by atoms with van der Waals surface area (Å²) in [6.07, 6.45) is 4.13. The highest BCUT2D eigenvalue weighted by molar-refractivity contribution is 9.10. The quantitative estimate of drug-likeness (QED) is 0.924. The summed E-state index contributed by atoms with van der Waals surface area (Å²) in [4.78, 5) is 4.05. The van der Waals surface area contributed by atoms with Crippen LogP contribution < -0.4 is 5.32 Å². The summed E-state index contributed by atoms with van der Waals surface area (Å²) in [5, 5.41) is 11.0. The fourth-order valence-corrected chi connectivity index (χ4v) is 1.60. The second-order valence-corrected chi connectivity index (χ2v) is 4.16. The number of nitrogens with zero attached hydrogens (tertiary/aromatic N) is 3. The van der Waals surface area contributed by atoms with Gasteiger partial charge in [0, 0.05) is 29.8 Å². The van der Waals surface area contributed by atoms with Gasteiger partial charge in [-0.05, 0) is 29.0 Å². The van der Waals surface area contributed by atoms with E-state index in [-0.39, 0.29) is 0 Å². The monoisotopic (exact) mass is 282 g/mol. The van der Waals surface area contributed by atoms with Gasteiger partial charge in [0.2, 0.25) is 11.8 Å². The van der Waals surface area contributed by atoms with Crippen LogP contribution in [0.15, 0.2) is 27.3 Å². The van der Waals surface area contributed by atoms with Crippen LogP contribution in [0.3, 0.4) is 0 Å². The molecule has 0 amide bonds. The zero-order valence-corrected chi connectivity index (χ0v) is 10.4. The fourth-order valence-electron chi connectivity index (χ4n) is 1.23. The van der Waals surface area contributed by atoms with E-state index in [2.05, 4.69) is 36.4 Å². The molecular weight excluding hydrogens is 272 g/mol. The number of nitrogens with one attached hydrogen (secondary N) is 1. The molecule has 0 aliphatic rings. The highest BCUT2D eigenvalue weighted by Crippen LogP contribution is 2.20. The van der Waals surface area contributed by atoms with Crippen molar-refractivity contribution in [3.8, 4) is 11.5 Å². The molecule has 84 valence electrons. The molecule has 0 unspecified atom stereocenters. The van der Waals surface area contributed by atoms with Gasteiger partial charge >= 0.3 is 0 Å². The normalized spacial score (nSPS) is 10.6. The molecule has 0 saturated heterocycles. The summed E-state index contributed by atoms with van der Waals surface area (Å²) in [5.41, 5.74) is 0.817. The molecule has 0 fully saturated rings. The van der Waals surface area contributed by atoms with Crippen molar-refractivity contribution < 1.29 is 4.42 Å². The first-order valence-electron chi connectivity index (χ1n) is 4.87. The molecular formula is C10H11BrN4O. The van der Waals surface area contributed by atoms with Gasteiger partial charge in [0.1, 0.15) is 0 Å². The fraction of sp³-hybridized carbons (Fsp3) is 0.300. The minimum Gasteiger partial charge on any atom is -0.421 e.